The van der Waals surface area contributed by atoms with Crippen LogP contribution in [0.3, 0.4) is 0 Å². The van der Waals surface area contributed by atoms with E-state index in [4.69, 9.17) is 30.4 Å². The molecule has 0 aliphatic heterocycles. The zero-order chi connectivity index (χ0) is 10.9. The Hall–Kier alpha value is 0.220. The van der Waals surface area contributed by atoms with Crippen LogP contribution in [0.25, 0.3) is 0 Å². The fourth-order valence-electron chi connectivity index (χ4n) is 0.491. The zero-order valence-corrected chi connectivity index (χ0v) is 8.18. The van der Waals surface area contributed by atoms with E-state index in [0.29, 0.717) is 0 Å². The van der Waals surface area contributed by atoms with Gasteiger partial charge in [-0.2, -0.15) is 0 Å². The minimum atomic E-state index is -4.75. The largest absolute Gasteiger partial charge is 0.380 e. The lowest BCUT2D eigenvalue weighted by atomic mass is 10.4. The number of aliphatic hydroxyl groups is 1. The van der Waals surface area contributed by atoms with Gasteiger partial charge in [0, 0.05) is 6.42 Å². The molecule has 7 N–H and O–H groups in total. The van der Waals surface area contributed by atoms with Gasteiger partial charge in [-0.05, 0) is 0 Å². The maximum atomic E-state index is 10.4. The molecule has 0 aromatic rings. The van der Waals surface area contributed by atoms with Crippen molar-refractivity contribution >= 4 is 15.2 Å². The summed E-state index contributed by atoms with van der Waals surface area (Å²) in [6, 6.07) is 0. The van der Waals surface area contributed by atoms with Crippen LogP contribution in [0, 0.1) is 0 Å². The van der Waals surface area contributed by atoms with E-state index in [1.54, 1.807) is 0 Å². The molecule has 0 heterocycles. The van der Waals surface area contributed by atoms with Crippen molar-refractivity contribution in [2.45, 2.75) is 18.0 Å². The summed E-state index contributed by atoms with van der Waals surface area (Å²) in [7, 11) is -9.35. The minimum absolute atomic E-state index is 0.853. The Labute approximate surface area is 73.7 Å². The highest BCUT2D eigenvalue weighted by Crippen LogP contribution is 2.47. The third-order valence-corrected chi connectivity index (χ3v) is 3.33. The van der Waals surface area contributed by atoms with Crippen molar-refractivity contribution in [3.8, 4) is 0 Å². The lowest BCUT2D eigenvalue weighted by Gasteiger charge is -2.17. The van der Waals surface area contributed by atoms with Gasteiger partial charge in [0.15, 0.2) is 5.85 Å². The van der Waals surface area contributed by atoms with Crippen LogP contribution in [0.4, 0.5) is 0 Å². The molecule has 13 heavy (non-hydrogen) atoms. The first-order valence-electron chi connectivity index (χ1n) is 3.09. The van der Waals surface area contributed by atoms with Crippen LogP contribution in [0.15, 0.2) is 0 Å². The molecule has 0 fully saturated rings. The first-order chi connectivity index (χ1) is 5.55. The van der Waals surface area contributed by atoms with E-state index in [9.17, 15) is 9.13 Å². The van der Waals surface area contributed by atoms with E-state index in [1.807, 2.05) is 0 Å². The van der Waals surface area contributed by atoms with E-state index in [2.05, 4.69) is 0 Å². The van der Waals surface area contributed by atoms with Gasteiger partial charge in [0.1, 0.15) is 5.78 Å². The highest BCUT2D eigenvalue weighted by atomic mass is 31.2. The predicted octanol–water partition coefficient (Wildman–Crippen LogP) is -1.66. The lowest BCUT2D eigenvalue weighted by Crippen LogP contribution is -2.26. The van der Waals surface area contributed by atoms with Gasteiger partial charge >= 0.3 is 15.2 Å². The van der Waals surface area contributed by atoms with E-state index in [-0.39, 0.29) is 0 Å². The molecule has 0 aromatic heterocycles. The molecule has 0 bridgehead atoms. The molecular weight excluding hydrogens is 224 g/mol. The van der Waals surface area contributed by atoms with Gasteiger partial charge in [-0.3, -0.25) is 9.13 Å². The van der Waals surface area contributed by atoms with Crippen LogP contribution in [0.5, 0.6) is 0 Å². The van der Waals surface area contributed by atoms with Crippen molar-refractivity contribution in [1.82, 2.24) is 0 Å². The van der Waals surface area contributed by atoms with Crippen molar-refractivity contribution in [2.24, 2.45) is 5.73 Å². The molecule has 0 amide bonds. The van der Waals surface area contributed by atoms with Crippen LogP contribution in [-0.4, -0.2) is 36.3 Å². The second-order valence-electron chi connectivity index (χ2n) is 2.46. The quantitative estimate of drug-likeness (QED) is 0.315. The normalized spacial score (nSPS) is 18.3. The standard InChI is InChI=1S/C3H11NO7P2/c4-2(12(6,7)8)1-3(5)13(9,10)11/h2-3,5H,1,4H2,(H2,6,7,8)(H2,9,10,11). The predicted molar refractivity (Wildman–Crippen MR) is 42.7 cm³/mol. The summed E-state index contributed by atoms with van der Waals surface area (Å²) < 4.78 is 20.7. The molecule has 0 aromatic carbocycles. The Balaban J connectivity index is 4.32. The maximum Gasteiger partial charge on any atom is 0.353 e. The molecule has 0 aliphatic rings. The maximum absolute atomic E-state index is 10.4. The van der Waals surface area contributed by atoms with Gasteiger partial charge < -0.3 is 30.4 Å². The smallest absolute Gasteiger partial charge is 0.353 e. The van der Waals surface area contributed by atoms with Crippen LogP contribution in [-0.2, 0) is 9.13 Å². The van der Waals surface area contributed by atoms with Gasteiger partial charge in [0.25, 0.3) is 0 Å². The topological polar surface area (TPSA) is 161 Å². The molecule has 8 nitrogen and oxygen atoms in total. The van der Waals surface area contributed by atoms with Crippen molar-refractivity contribution in [2.75, 3.05) is 0 Å². The lowest BCUT2D eigenvalue weighted by molar-refractivity contribution is 0.189. The summed E-state index contributed by atoms with van der Waals surface area (Å²) in [5.41, 5.74) is 4.88. The average Bonchev–Trinajstić information content (AvgIpc) is 1.82. The molecule has 2 atom stereocenters. The average molecular weight is 235 g/mol. The Kier molecular flexibility index (Phi) is 4.23. The van der Waals surface area contributed by atoms with Gasteiger partial charge in [-0.1, -0.05) is 0 Å². The Morgan fingerprint density at radius 1 is 1.08 bits per heavy atom. The minimum Gasteiger partial charge on any atom is -0.380 e. The van der Waals surface area contributed by atoms with E-state index in [0.717, 1.165) is 0 Å². The van der Waals surface area contributed by atoms with Gasteiger partial charge in [0.2, 0.25) is 0 Å². The van der Waals surface area contributed by atoms with Gasteiger partial charge in [-0.25, -0.2) is 0 Å². The van der Waals surface area contributed by atoms with Crippen LogP contribution >= 0.6 is 15.2 Å². The summed E-state index contributed by atoms with van der Waals surface area (Å²) in [5, 5.41) is 8.73. The molecule has 10 heteroatoms. The van der Waals surface area contributed by atoms with Crippen molar-refractivity contribution in [3.63, 3.8) is 0 Å². The molecule has 0 saturated carbocycles. The van der Waals surface area contributed by atoms with E-state index < -0.39 is 33.2 Å². The van der Waals surface area contributed by atoms with Gasteiger partial charge in [-0.15, -0.1) is 0 Å². The fourth-order valence-corrected chi connectivity index (χ4v) is 1.63. The molecule has 0 rings (SSSR count). The first-order valence-corrected chi connectivity index (χ1v) is 6.45. The summed E-state index contributed by atoms with van der Waals surface area (Å²) in [5.74, 6) is -3.91. The van der Waals surface area contributed by atoms with Gasteiger partial charge in [0.05, 0.1) is 0 Å². The number of aliphatic hydroxyl groups excluding tert-OH is 1. The van der Waals surface area contributed by atoms with Crippen molar-refractivity contribution in [3.05, 3.63) is 0 Å². The SMILES string of the molecule is NC(CC(O)P(=O)(O)O)P(=O)(O)O. The third kappa shape index (κ3) is 4.85. The zero-order valence-electron chi connectivity index (χ0n) is 6.39. The van der Waals surface area contributed by atoms with Crippen LogP contribution in [0.1, 0.15) is 6.42 Å². The summed E-state index contributed by atoms with van der Waals surface area (Å²) in [6.45, 7) is 0. The van der Waals surface area contributed by atoms with Crippen molar-refractivity contribution < 1.29 is 33.8 Å². The Morgan fingerprint density at radius 2 is 1.46 bits per heavy atom. The Bertz CT molecular complexity index is 228. The Morgan fingerprint density at radius 3 is 1.69 bits per heavy atom. The van der Waals surface area contributed by atoms with Crippen LogP contribution in [0.2, 0.25) is 0 Å². The second-order valence-corrected chi connectivity index (χ2v) is 6.08. The number of nitrogens with two attached hydrogens (primary N) is 1. The van der Waals surface area contributed by atoms with Crippen molar-refractivity contribution in [1.29, 1.82) is 0 Å². The van der Waals surface area contributed by atoms with Crippen LogP contribution < -0.4 is 5.73 Å². The first kappa shape index (κ1) is 13.2. The summed E-state index contributed by atoms with van der Waals surface area (Å²) in [4.78, 5) is 33.6. The highest BCUT2D eigenvalue weighted by molar-refractivity contribution is 7.53. The highest BCUT2D eigenvalue weighted by Gasteiger charge is 2.34. The molecule has 0 aliphatic carbocycles. The van der Waals surface area contributed by atoms with E-state index >= 15 is 0 Å². The summed E-state index contributed by atoms with van der Waals surface area (Å²) in [6.07, 6.45) is -0.853. The molecule has 0 spiro atoms. The summed E-state index contributed by atoms with van der Waals surface area (Å²) >= 11 is 0. The molecule has 0 radical (unpaired) electrons. The fraction of sp³-hybridized carbons (Fsp3) is 1.00. The monoisotopic (exact) mass is 235 g/mol. The molecular formula is C3H11NO7P2. The second kappa shape index (κ2) is 4.16. The number of hydrogen-bond donors (Lipinski definition) is 6. The van der Waals surface area contributed by atoms with E-state index in [1.165, 1.54) is 0 Å². The molecule has 80 valence electrons. The third-order valence-electron chi connectivity index (χ3n) is 1.27. The molecule has 0 saturated heterocycles. The number of rotatable bonds is 4. The number of hydrogen-bond acceptors (Lipinski definition) is 4. The molecule has 2 unspecified atom stereocenters.